The molecule has 0 fully saturated rings. The third kappa shape index (κ3) is 1.70. The van der Waals surface area contributed by atoms with Gasteiger partial charge in [0.1, 0.15) is 0 Å². The molecule has 0 amide bonds. The van der Waals surface area contributed by atoms with Crippen molar-refractivity contribution >= 4 is 33.3 Å². The Labute approximate surface area is 84.9 Å². The van der Waals surface area contributed by atoms with Crippen LogP contribution >= 0.6 is 27.5 Å². The molecule has 0 aromatic heterocycles. The third-order valence-electron chi connectivity index (χ3n) is 1.70. The molecule has 0 heterocycles. The van der Waals surface area contributed by atoms with Crippen LogP contribution in [-0.2, 0) is 0 Å². The van der Waals surface area contributed by atoms with Crippen molar-refractivity contribution in [3.05, 3.63) is 32.8 Å². The van der Waals surface area contributed by atoms with Gasteiger partial charge in [-0.2, -0.15) is 0 Å². The first-order chi connectivity index (χ1) is 5.54. The molecule has 0 atom stereocenters. The van der Waals surface area contributed by atoms with Crippen LogP contribution < -0.4 is 0 Å². The molecule has 1 nitrogen and oxygen atoms in total. The Hall–Kier alpha value is -0.340. The maximum absolute atomic E-state index is 11.0. The van der Waals surface area contributed by atoms with Gasteiger partial charge in [0, 0.05) is 10.0 Å². The van der Waals surface area contributed by atoms with Crippen molar-refractivity contribution in [2.45, 2.75) is 13.8 Å². The minimum absolute atomic E-state index is 0.00407. The number of hydrogen-bond donors (Lipinski definition) is 0. The molecule has 0 saturated heterocycles. The molecule has 0 aliphatic carbocycles. The van der Waals surface area contributed by atoms with Crippen molar-refractivity contribution in [3.63, 3.8) is 0 Å². The molecule has 0 spiro atoms. The topological polar surface area (TPSA) is 17.1 Å². The number of rotatable bonds is 1. The van der Waals surface area contributed by atoms with Crippen molar-refractivity contribution in [1.82, 2.24) is 0 Å². The van der Waals surface area contributed by atoms with Crippen molar-refractivity contribution in [3.8, 4) is 0 Å². The Morgan fingerprint density at radius 2 is 2.08 bits per heavy atom. The Kier molecular flexibility index (Phi) is 2.91. The van der Waals surface area contributed by atoms with Gasteiger partial charge in [0.25, 0.3) is 0 Å². The number of carbonyl (C=O) groups excluding carboxylic acids is 1. The summed E-state index contributed by atoms with van der Waals surface area (Å²) in [6.45, 7) is 3.38. The Morgan fingerprint density at radius 3 is 2.58 bits per heavy atom. The van der Waals surface area contributed by atoms with Gasteiger partial charge in [-0.25, -0.2) is 0 Å². The molecule has 0 radical (unpaired) electrons. The average Bonchev–Trinajstić information content (AvgIpc) is 2.00. The van der Waals surface area contributed by atoms with Crippen LogP contribution in [0.4, 0.5) is 0 Å². The van der Waals surface area contributed by atoms with Crippen LogP contribution in [0.3, 0.4) is 0 Å². The molecule has 0 aliphatic rings. The first kappa shape index (κ1) is 9.75. The van der Waals surface area contributed by atoms with Crippen molar-refractivity contribution < 1.29 is 4.79 Å². The fraction of sp³-hybridized carbons (Fsp3) is 0.222. The summed E-state index contributed by atoms with van der Waals surface area (Å²) < 4.78 is 0.928. The minimum Gasteiger partial charge on any atom is -0.294 e. The summed E-state index contributed by atoms with van der Waals surface area (Å²) in [5.74, 6) is -0.00407. The SMILES string of the molecule is CC(=O)c1ccc(Br)c(C)c1Cl. The zero-order valence-corrected chi connectivity index (χ0v) is 9.16. The maximum atomic E-state index is 11.0. The summed E-state index contributed by atoms with van der Waals surface area (Å²) in [5, 5.41) is 0.539. The normalized spacial score (nSPS) is 10.0. The summed E-state index contributed by atoms with van der Waals surface area (Å²) in [4.78, 5) is 11.0. The van der Waals surface area contributed by atoms with Crippen LogP contribution in [0.2, 0.25) is 5.02 Å². The lowest BCUT2D eigenvalue weighted by Crippen LogP contribution is -1.95. The van der Waals surface area contributed by atoms with Gasteiger partial charge in [0.05, 0.1) is 5.02 Å². The van der Waals surface area contributed by atoms with Crippen molar-refractivity contribution in [2.75, 3.05) is 0 Å². The zero-order chi connectivity index (χ0) is 9.30. The van der Waals surface area contributed by atoms with Gasteiger partial charge in [-0.15, -0.1) is 0 Å². The fourth-order valence-electron chi connectivity index (χ4n) is 0.933. The third-order valence-corrected chi connectivity index (χ3v) is 3.05. The fourth-order valence-corrected chi connectivity index (χ4v) is 1.68. The maximum Gasteiger partial charge on any atom is 0.161 e. The Bertz CT molecular complexity index is 334. The second-order valence-corrected chi connectivity index (χ2v) is 3.82. The number of halogens is 2. The second-order valence-electron chi connectivity index (χ2n) is 2.59. The predicted octanol–water partition coefficient (Wildman–Crippen LogP) is 3.61. The molecule has 3 heteroatoms. The van der Waals surface area contributed by atoms with E-state index in [1.54, 1.807) is 6.07 Å². The van der Waals surface area contributed by atoms with E-state index in [1.165, 1.54) is 6.92 Å². The van der Waals surface area contributed by atoms with Gasteiger partial charge in [-0.3, -0.25) is 4.79 Å². The Morgan fingerprint density at radius 1 is 1.50 bits per heavy atom. The second kappa shape index (κ2) is 3.58. The summed E-state index contributed by atoms with van der Waals surface area (Å²) in [6.07, 6.45) is 0. The van der Waals surface area contributed by atoms with Gasteiger partial charge in [-0.1, -0.05) is 27.5 Å². The average molecular weight is 248 g/mol. The molecule has 1 rings (SSSR count). The first-order valence-electron chi connectivity index (χ1n) is 3.49. The highest BCUT2D eigenvalue weighted by atomic mass is 79.9. The van der Waals surface area contributed by atoms with Crippen molar-refractivity contribution in [2.24, 2.45) is 0 Å². The highest BCUT2D eigenvalue weighted by molar-refractivity contribution is 9.10. The molecular formula is C9H8BrClO. The molecule has 64 valence electrons. The molecule has 0 unspecified atom stereocenters. The van der Waals surface area contributed by atoms with Gasteiger partial charge >= 0.3 is 0 Å². The van der Waals surface area contributed by atoms with E-state index in [1.807, 2.05) is 13.0 Å². The van der Waals surface area contributed by atoms with Crippen LogP contribution in [0.5, 0.6) is 0 Å². The summed E-state index contributed by atoms with van der Waals surface area (Å²) >= 11 is 9.28. The van der Waals surface area contributed by atoms with Crippen LogP contribution in [0, 0.1) is 6.92 Å². The number of ketones is 1. The number of Topliss-reactive ketones (excluding diaryl/α,β-unsaturated/α-hetero) is 1. The van der Waals surface area contributed by atoms with Crippen LogP contribution in [0.15, 0.2) is 16.6 Å². The molecule has 0 bridgehead atoms. The molecule has 0 saturated carbocycles. The molecule has 1 aromatic rings. The van der Waals surface area contributed by atoms with Gasteiger partial charge in [0.15, 0.2) is 5.78 Å². The van der Waals surface area contributed by atoms with E-state index in [-0.39, 0.29) is 5.78 Å². The van der Waals surface area contributed by atoms with E-state index in [9.17, 15) is 4.79 Å². The lowest BCUT2D eigenvalue weighted by molar-refractivity contribution is 0.101. The van der Waals surface area contributed by atoms with E-state index >= 15 is 0 Å². The van der Waals surface area contributed by atoms with Gasteiger partial charge in [-0.05, 0) is 31.5 Å². The summed E-state index contributed by atoms with van der Waals surface area (Å²) in [5.41, 5.74) is 1.49. The van der Waals surface area contributed by atoms with E-state index in [0.29, 0.717) is 10.6 Å². The summed E-state index contributed by atoms with van der Waals surface area (Å²) in [7, 11) is 0. The molecular weight excluding hydrogens is 239 g/mol. The van der Waals surface area contributed by atoms with Crippen molar-refractivity contribution in [1.29, 1.82) is 0 Å². The zero-order valence-electron chi connectivity index (χ0n) is 6.82. The van der Waals surface area contributed by atoms with Crippen LogP contribution in [0.1, 0.15) is 22.8 Å². The molecule has 0 N–H and O–H groups in total. The van der Waals surface area contributed by atoms with Crippen LogP contribution in [0.25, 0.3) is 0 Å². The molecule has 1 aromatic carbocycles. The molecule has 0 aliphatic heterocycles. The largest absolute Gasteiger partial charge is 0.294 e. The highest BCUT2D eigenvalue weighted by Gasteiger charge is 2.09. The van der Waals surface area contributed by atoms with E-state index in [4.69, 9.17) is 11.6 Å². The molecule has 12 heavy (non-hydrogen) atoms. The predicted molar refractivity (Wildman–Crippen MR) is 53.9 cm³/mol. The standard InChI is InChI=1S/C9H8BrClO/c1-5-8(10)4-3-7(6(2)12)9(5)11/h3-4H,1-2H3. The summed E-state index contributed by atoms with van der Waals surface area (Å²) in [6, 6.07) is 3.56. The van der Waals surface area contributed by atoms with Gasteiger partial charge < -0.3 is 0 Å². The quantitative estimate of drug-likeness (QED) is 0.693. The van der Waals surface area contributed by atoms with Crippen LogP contribution in [-0.4, -0.2) is 5.78 Å². The minimum atomic E-state index is -0.00407. The Balaban J connectivity index is 3.36. The van der Waals surface area contributed by atoms with Gasteiger partial charge in [0.2, 0.25) is 0 Å². The highest BCUT2D eigenvalue weighted by Crippen LogP contribution is 2.27. The van der Waals surface area contributed by atoms with E-state index in [2.05, 4.69) is 15.9 Å². The monoisotopic (exact) mass is 246 g/mol. The number of benzene rings is 1. The lowest BCUT2D eigenvalue weighted by Gasteiger charge is -2.04. The van der Waals surface area contributed by atoms with E-state index < -0.39 is 0 Å². The first-order valence-corrected chi connectivity index (χ1v) is 4.66. The number of carbonyl (C=O) groups is 1. The number of hydrogen-bond acceptors (Lipinski definition) is 1. The van der Waals surface area contributed by atoms with E-state index in [0.717, 1.165) is 10.0 Å². The smallest absolute Gasteiger partial charge is 0.161 e. The lowest BCUT2D eigenvalue weighted by atomic mass is 10.1.